The summed E-state index contributed by atoms with van der Waals surface area (Å²) >= 11 is 1.78. The third-order valence-corrected chi connectivity index (χ3v) is 5.83. The molecule has 126 valence electrons. The Morgan fingerprint density at radius 2 is 1.96 bits per heavy atom. The quantitative estimate of drug-likeness (QED) is 0.759. The Balaban J connectivity index is 1.44. The average molecular weight is 340 g/mol. The maximum absolute atomic E-state index is 4.75. The molecule has 0 amide bonds. The molecule has 0 saturated heterocycles. The molecule has 1 saturated carbocycles. The molecular formula is C20H25N3S. The molecule has 0 spiro atoms. The average Bonchev–Trinajstić information content (AvgIpc) is 3.20. The van der Waals surface area contributed by atoms with Gasteiger partial charge >= 0.3 is 0 Å². The number of rotatable bonds is 6. The largest absolute Gasteiger partial charge is 0.359 e. The number of nitrogens with zero attached hydrogens (tertiary/aromatic N) is 3. The van der Waals surface area contributed by atoms with Crippen LogP contribution in [0.4, 0.5) is 0 Å². The van der Waals surface area contributed by atoms with Crippen molar-refractivity contribution in [3.05, 3.63) is 52.6 Å². The number of benzene rings is 1. The monoisotopic (exact) mass is 339 g/mol. The van der Waals surface area contributed by atoms with E-state index in [1.54, 1.807) is 11.3 Å². The Morgan fingerprint density at radius 3 is 2.67 bits per heavy atom. The predicted octanol–water partition coefficient (Wildman–Crippen LogP) is 4.72. The molecule has 2 aromatic rings. The molecule has 1 aliphatic carbocycles. The van der Waals surface area contributed by atoms with Gasteiger partial charge < -0.3 is 9.80 Å². The molecule has 1 unspecified atom stereocenters. The van der Waals surface area contributed by atoms with E-state index in [9.17, 15) is 0 Å². The second-order valence-corrected chi connectivity index (χ2v) is 7.90. The molecule has 0 bridgehead atoms. The maximum atomic E-state index is 4.75. The minimum atomic E-state index is 0.555. The van der Waals surface area contributed by atoms with Crippen molar-refractivity contribution in [1.82, 2.24) is 14.8 Å². The van der Waals surface area contributed by atoms with Crippen LogP contribution in [0.3, 0.4) is 0 Å². The molecule has 0 N–H and O–H groups in total. The summed E-state index contributed by atoms with van der Waals surface area (Å²) in [4.78, 5) is 9.59. The summed E-state index contributed by atoms with van der Waals surface area (Å²) in [5.74, 6) is 0.844. The standard InChI is InChI=1S/C20H25N3S/c1-3-4-19-21-18(14-24-19)16-7-5-15(6-8-16)13-23-12-11-22(2)20(23)17-9-10-17/h5-8,11-12,14,17,20H,3-4,9-10,13H2,1-2H3. The molecule has 4 rings (SSSR count). The molecule has 1 atom stereocenters. The van der Waals surface area contributed by atoms with E-state index in [2.05, 4.69) is 65.8 Å². The number of thiazole rings is 1. The van der Waals surface area contributed by atoms with Gasteiger partial charge in [0.05, 0.1) is 10.7 Å². The summed E-state index contributed by atoms with van der Waals surface area (Å²) in [5, 5.41) is 3.43. The van der Waals surface area contributed by atoms with Crippen molar-refractivity contribution in [2.45, 2.75) is 45.3 Å². The van der Waals surface area contributed by atoms with Crippen LogP contribution in [0.2, 0.25) is 0 Å². The summed E-state index contributed by atoms with van der Waals surface area (Å²) in [6.07, 6.45) is 9.99. The molecule has 24 heavy (non-hydrogen) atoms. The van der Waals surface area contributed by atoms with E-state index >= 15 is 0 Å². The molecule has 4 heteroatoms. The Bertz CT molecular complexity index is 715. The minimum Gasteiger partial charge on any atom is -0.359 e. The summed E-state index contributed by atoms with van der Waals surface area (Å²) in [5.41, 5.74) is 3.71. The van der Waals surface area contributed by atoms with E-state index in [0.717, 1.165) is 31.0 Å². The molecule has 2 heterocycles. The highest BCUT2D eigenvalue weighted by Gasteiger charge is 2.38. The highest BCUT2D eigenvalue weighted by atomic mass is 32.1. The first kappa shape index (κ1) is 15.7. The second kappa shape index (κ2) is 6.60. The topological polar surface area (TPSA) is 19.4 Å². The van der Waals surface area contributed by atoms with E-state index in [-0.39, 0.29) is 0 Å². The molecule has 1 fully saturated rings. The van der Waals surface area contributed by atoms with Gasteiger partial charge in [-0.1, -0.05) is 31.2 Å². The van der Waals surface area contributed by atoms with Crippen molar-refractivity contribution in [1.29, 1.82) is 0 Å². The zero-order valence-corrected chi connectivity index (χ0v) is 15.3. The molecule has 1 aliphatic heterocycles. The first-order valence-corrected chi connectivity index (χ1v) is 9.82. The normalized spacial score (nSPS) is 20.2. The van der Waals surface area contributed by atoms with Gasteiger partial charge in [0, 0.05) is 36.9 Å². The van der Waals surface area contributed by atoms with Gasteiger partial charge in [0.1, 0.15) is 6.17 Å². The van der Waals surface area contributed by atoms with Gasteiger partial charge in [0.25, 0.3) is 0 Å². The van der Waals surface area contributed by atoms with E-state index in [1.807, 2.05) is 0 Å². The Labute approximate surface area is 148 Å². The zero-order chi connectivity index (χ0) is 16.5. The Hall–Kier alpha value is -1.81. The first-order chi connectivity index (χ1) is 11.7. The fraction of sp³-hybridized carbons (Fsp3) is 0.450. The van der Waals surface area contributed by atoms with E-state index in [1.165, 1.54) is 29.0 Å². The zero-order valence-electron chi connectivity index (χ0n) is 14.5. The van der Waals surface area contributed by atoms with Crippen LogP contribution in [0.1, 0.15) is 36.8 Å². The van der Waals surface area contributed by atoms with E-state index in [4.69, 9.17) is 4.98 Å². The van der Waals surface area contributed by atoms with Gasteiger partial charge in [0.15, 0.2) is 0 Å². The highest BCUT2D eigenvalue weighted by molar-refractivity contribution is 7.09. The lowest BCUT2D eigenvalue weighted by atomic mass is 10.1. The van der Waals surface area contributed by atoms with Crippen LogP contribution in [-0.2, 0) is 13.0 Å². The number of aromatic nitrogens is 1. The van der Waals surface area contributed by atoms with Crippen LogP contribution in [-0.4, -0.2) is 28.0 Å². The fourth-order valence-corrected chi connectivity index (χ4v) is 4.42. The third-order valence-electron chi connectivity index (χ3n) is 4.92. The lowest BCUT2D eigenvalue weighted by Gasteiger charge is -2.30. The first-order valence-electron chi connectivity index (χ1n) is 8.94. The Morgan fingerprint density at radius 1 is 1.17 bits per heavy atom. The van der Waals surface area contributed by atoms with Crippen molar-refractivity contribution >= 4 is 11.3 Å². The van der Waals surface area contributed by atoms with Crippen LogP contribution in [0.25, 0.3) is 11.3 Å². The van der Waals surface area contributed by atoms with Crippen molar-refractivity contribution in [3.63, 3.8) is 0 Å². The molecule has 1 aromatic carbocycles. The molecular weight excluding hydrogens is 314 g/mol. The lowest BCUT2D eigenvalue weighted by Crippen LogP contribution is -2.37. The van der Waals surface area contributed by atoms with Crippen LogP contribution < -0.4 is 0 Å². The predicted molar refractivity (Wildman–Crippen MR) is 101 cm³/mol. The van der Waals surface area contributed by atoms with Crippen molar-refractivity contribution < 1.29 is 0 Å². The third kappa shape index (κ3) is 3.20. The van der Waals surface area contributed by atoms with Gasteiger partial charge in [0.2, 0.25) is 0 Å². The summed E-state index contributed by atoms with van der Waals surface area (Å²) in [6.45, 7) is 3.19. The van der Waals surface area contributed by atoms with Gasteiger partial charge in [-0.3, -0.25) is 0 Å². The second-order valence-electron chi connectivity index (χ2n) is 6.96. The summed E-state index contributed by atoms with van der Waals surface area (Å²) in [7, 11) is 2.19. The smallest absolute Gasteiger partial charge is 0.104 e. The van der Waals surface area contributed by atoms with Crippen LogP contribution in [0.15, 0.2) is 42.0 Å². The molecule has 0 radical (unpaired) electrons. The lowest BCUT2D eigenvalue weighted by molar-refractivity contribution is 0.146. The van der Waals surface area contributed by atoms with Crippen molar-refractivity contribution in [2.75, 3.05) is 7.05 Å². The fourth-order valence-electron chi connectivity index (χ4n) is 3.51. The van der Waals surface area contributed by atoms with Crippen LogP contribution in [0.5, 0.6) is 0 Å². The van der Waals surface area contributed by atoms with Gasteiger partial charge in [-0.2, -0.15) is 0 Å². The SMILES string of the molecule is CCCc1nc(-c2ccc(CN3C=CN(C)C3C3CC3)cc2)cs1. The van der Waals surface area contributed by atoms with Gasteiger partial charge in [-0.05, 0) is 37.2 Å². The number of hydrogen-bond donors (Lipinski definition) is 0. The van der Waals surface area contributed by atoms with E-state index in [0.29, 0.717) is 6.17 Å². The van der Waals surface area contributed by atoms with Gasteiger partial charge in [-0.25, -0.2) is 4.98 Å². The highest BCUT2D eigenvalue weighted by Crippen LogP contribution is 2.39. The number of aryl methyl sites for hydroxylation is 1. The molecule has 1 aromatic heterocycles. The Kier molecular flexibility index (Phi) is 4.31. The summed E-state index contributed by atoms with van der Waals surface area (Å²) < 4.78 is 0. The maximum Gasteiger partial charge on any atom is 0.104 e. The number of hydrogen-bond acceptors (Lipinski definition) is 4. The minimum absolute atomic E-state index is 0.555. The van der Waals surface area contributed by atoms with Gasteiger partial charge in [-0.15, -0.1) is 11.3 Å². The van der Waals surface area contributed by atoms with Crippen LogP contribution >= 0.6 is 11.3 Å². The molecule has 2 aliphatic rings. The van der Waals surface area contributed by atoms with Crippen molar-refractivity contribution in [2.24, 2.45) is 5.92 Å². The van der Waals surface area contributed by atoms with Crippen molar-refractivity contribution in [3.8, 4) is 11.3 Å². The summed E-state index contributed by atoms with van der Waals surface area (Å²) in [6, 6.07) is 8.94. The molecule has 3 nitrogen and oxygen atoms in total. The van der Waals surface area contributed by atoms with E-state index < -0.39 is 0 Å². The van der Waals surface area contributed by atoms with Crippen LogP contribution in [0, 0.1) is 5.92 Å².